The van der Waals surface area contributed by atoms with Gasteiger partial charge in [-0.15, -0.1) is 0 Å². The SMILES string of the molecule is CCOC(=O)c1c(CC)nn(-c2ccc(C(F)(F)F)cc2S(=O)(=O)CC)c1N. The molecular formula is C17H20F3N3O4S. The van der Waals surface area contributed by atoms with Gasteiger partial charge in [-0.3, -0.25) is 0 Å². The zero-order valence-corrected chi connectivity index (χ0v) is 16.3. The summed E-state index contributed by atoms with van der Waals surface area (Å²) in [6.45, 7) is 4.70. The Bertz CT molecular complexity index is 998. The van der Waals surface area contributed by atoms with Crippen molar-refractivity contribution in [3.05, 3.63) is 35.0 Å². The van der Waals surface area contributed by atoms with Crippen LogP contribution >= 0.6 is 0 Å². The Morgan fingerprint density at radius 2 is 1.89 bits per heavy atom. The number of aryl methyl sites for hydroxylation is 1. The Kier molecular flexibility index (Phi) is 6.07. The third-order valence-corrected chi connectivity index (χ3v) is 5.80. The first-order valence-corrected chi connectivity index (χ1v) is 10.1. The van der Waals surface area contributed by atoms with Crippen molar-refractivity contribution in [2.24, 2.45) is 0 Å². The number of sulfone groups is 1. The van der Waals surface area contributed by atoms with Crippen LogP contribution < -0.4 is 5.73 Å². The third kappa shape index (κ3) is 3.98. The number of aromatic nitrogens is 2. The number of esters is 1. The molecule has 2 rings (SSSR count). The van der Waals surface area contributed by atoms with Crippen molar-refractivity contribution in [1.82, 2.24) is 9.78 Å². The minimum absolute atomic E-state index is 0.0379. The second-order valence-electron chi connectivity index (χ2n) is 5.78. The van der Waals surface area contributed by atoms with E-state index < -0.39 is 38.2 Å². The van der Waals surface area contributed by atoms with Gasteiger partial charge in [0.2, 0.25) is 0 Å². The lowest BCUT2D eigenvalue weighted by molar-refractivity contribution is -0.137. The molecule has 11 heteroatoms. The first-order chi connectivity index (χ1) is 13.0. The highest BCUT2D eigenvalue weighted by Crippen LogP contribution is 2.34. The fraction of sp³-hybridized carbons (Fsp3) is 0.412. The lowest BCUT2D eigenvalue weighted by Gasteiger charge is -2.14. The van der Waals surface area contributed by atoms with Crippen molar-refractivity contribution in [3.8, 4) is 5.69 Å². The van der Waals surface area contributed by atoms with Crippen molar-refractivity contribution in [2.75, 3.05) is 18.1 Å². The number of benzene rings is 1. The summed E-state index contributed by atoms with van der Waals surface area (Å²) in [6.07, 6.45) is -4.45. The van der Waals surface area contributed by atoms with Crippen LogP contribution in [0.25, 0.3) is 5.69 Å². The summed E-state index contributed by atoms with van der Waals surface area (Å²) < 4.78 is 70.0. The number of hydrogen-bond acceptors (Lipinski definition) is 6. The molecule has 1 aromatic heterocycles. The summed E-state index contributed by atoms with van der Waals surface area (Å²) in [7, 11) is -4.05. The molecule has 0 aliphatic carbocycles. The summed E-state index contributed by atoms with van der Waals surface area (Å²) >= 11 is 0. The Hall–Kier alpha value is -2.56. The van der Waals surface area contributed by atoms with Gasteiger partial charge in [-0.25, -0.2) is 17.9 Å². The summed E-state index contributed by atoms with van der Waals surface area (Å²) in [5.74, 6) is -1.37. The van der Waals surface area contributed by atoms with Crippen LogP contribution in [0, 0.1) is 0 Å². The summed E-state index contributed by atoms with van der Waals surface area (Å²) in [5, 5.41) is 4.15. The van der Waals surface area contributed by atoms with E-state index >= 15 is 0 Å². The predicted octanol–water partition coefficient (Wildman–Crippen LogP) is 3.01. The minimum Gasteiger partial charge on any atom is -0.462 e. The van der Waals surface area contributed by atoms with Crippen molar-refractivity contribution < 1.29 is 31.1 Å². The molecule has 0 fully saturated rings. The number of rotatable bonds is 6. The van der Waals surface area contributed by atoms with E-state index in [9.17, 15) is 26.4 Å². The van der Waals surface area contributed by atoms with Crippen molar-refractivity contribution in [2.45, 2.75) is 38.3 Å². The molecule has 1 aromatic carbocycles. The predicted molar refractivity (Wildman–Crippen MR) is 96.0 cm³/mol. The van der Waals surface area contributed by atoms with Gasteiger partial charge in [0.1, 0.15) is 11.4 Å². The second kappa shape index (κ2) is 7.82. The van der Waals surface area contributed by atoms with Crippen LogP contribution in [0.5, 0.6) is 0 Å². The quantitative estimate of drug-likeness (QED) is 0.722. The van der Waals surface area contributed by atoms with Gasteiger partial charge in [0.05, 0.1) is 34.2 Å². The van der Waals surface area contributed by atoms with Gasteiger partial charge < -0.3 is 10.5 Å². The summed E-state index contributed by atoms with van der Waals surface area (Å²) in [5.41, 5.74) is 4.93. The number of carbonyl (C=O) groups excluding carboxylic acids is 1. The molecule has 2 aromatic rings. The maximum atomic E-state index is 13.1. The molecule has 0 atom stereocenters. The van der Waals surface area contributed by atoms with Crippen LogP contribution in [0.15, 0.2) is 23.1 Å². The van der Waals surface area contributed by atoms with Crippen molar-refractivity contribution in [1.29, 1.82) is 0 Å². The van der Waals surface area contributed by atoms with E-state index in [0.29, 0.717) is 6.07 Å². The second-order valence-corrected chi connectivity index (χ2v) is 8.02. The zero-order chi connectivity index (χ0) is 21.3. The van der Waals surface area contributed by atoms with E-state index in [1.165, 1.54) is 6.92 Å². The zero-order valence-electron chi connectivity index (χ0n) is 15.5. The Labute approximate surface area is 160 Å². The molecule has 28 heavy (non-hydrogen) atoms. The minimum atomic E-state index is -4.73. The maximum absolute atomic E-state index is 13.1. The number of nitrogen functional groups attached to an aromatic ring is 1. The fourth-order valence-corrected chi connectivity index (χ4v) is 3.70. The van der Waals surface area contributed by atoms with Crippen molar-refractivity contribution >= 4 is 21.6 Å². The fourth-order valence-electron chi connectivity index (χ4n) is 2.61. The largest absolute Gasteiger partial charge is 0.462 e. The van der Waals surface area contributed by atoms with E-state index in [0.717, 1.165) is 16.8 Å². The molecular weight excluding hydrogens is 399 g/mol. The molecule has 0 aliphatic heterocycles. The number of ether oxygens (including phenoxy) is 1. The van der Waals surface area contributed by atoms with E-state index in [4.69, 9.17) is 10.5 Å². The Morgan fingerprint density at radius 3 is 2.39 bits per heavy atom. The van der Waals surface area contributed by atoms with Gasteiger partial charge in [0.25, 0.3) is 0 Å². The highest BCUT2D eigenvalue weighted by molar-refractivity contribution is 7.91. The molecule has 0 aliphatic rings. The third-order valence-electron chi connectivity index (χ3n) is 4.04. The standard InChI is InChI=1S/C17H20F3N3O4S/c1-4-11-14(16(24)27-5-2)15(21)23(22-11)12-8-7-10(17(18,19)20)9-13(12)28(25,26)6-3/h7-9H,4-6,21H2,1-3H3. The Balaban J connectivity index is 2.80. The number of carbonyl (C=O) groups is 1. The average Bonchev–Trinajstić information content (AvgIpc) is 2.97. The lowest BCUT2D eigenvalue weighted by Crippen LogP contribution is -2.15. The number of alkyl halides is 3. The number of halogens is 3. The summed E-state index contributed by atoms with van der Waals surface area (Å²) in [6, 6.07) is 2.26. The first kappa shape index (κ1) is 21.7. The van der Waals surface area contributed by atoms with E-state index in [1.54, 1.807) is 13.8 Å². The molecule has 0 bridgehead atoms. The molecule has 1 heterocycles. The van der Waals surface area contributed by atoms with Crippen LogP contribution in [-0.2, 0) is 27.2 Å². The van der Waals surface area contributed by atoms with E-state index in [2.05, 4.69) is 5.10 Å². The van der Waals surface area contributed by atoms with Crippen LogP contribution in [0.1, 0.15) is 42.4 Å². The molecule has 0 amide bonds. The number of anilines is 1. The smallest absolute Gasteiger partial charge is 0.416 e. The topological polar surface area (TPSA) is 104 Å². The molecule has 0 saturated carbocycles. The van der Waals surface area contributed by atoms with Gasteiger partial charge in [-0.05, 0) is 31.5 Å². The van der Waals surface area contributed by atoms with Gasteiger partial charge in [-0.1, -0.05) is 13.8 Å². The molecule has 2 N–H and O–H groups in total. The first-order valence-electron chi connectivity index (χ1n) is 8.46. The van der Waals surface area contributed by atoms with Gasteiger partial charge in [0, 0.05) is 0 Å². The number of nitrogens with zero attached hydrogens (tertiary/aromatic N) is 2. The number of hydrogen-bond donors (Lipinski definition) is 1. The molecule has 0 unspecified atom stereocenters. The van der Waals surface area contributed by atoms with E-state index in [1.807, 2.05) is 0 Å². The molecule has 0 spiro atoms. The van der Waals surface area contributed by atoms with Crippen molar-refractivity contribution in [3.63, 3.8) is 0 Å². The average molecular weight is 419 g/mol. The maximum Gasteiger partial charge on any atom is 0.416 e. The summed E-state index contributed by atoms with van der Waals surface area (Å²) in [4.78, 5) is 11.6. The highest BCUT2D eigenvalue weighted by Gasteiger charge is 2.34. The van der Waals surface area contributed by atoms with E-state index in [-0.39, 0.29) is 35.8 Å². The Morgan fingerprint density at radius 1 is 1.25 bits per heavy atom. The van der Waals surface area contributed by atoms with Crippen LogP contribution in [0.2, 0.25) is 0 Å². The van der Waals surface area contributed by atoms with Gasteiger partial charge in [-0.2, -0.15) is 18.3 Å². The lowest BCUT2D eigenvalue weighted by atomic mass is 10.2. The van der Waals surface area contributed by atoms with Crippen LogP contribution in [-0.4, -0.2) is 36.5 Å². The van der Waals surface area contributed by atoms with Crippen LogP contribution in [0.3, 0.4) is 0 Å². The number of nitrogens with two attached hydrogens (primary N) is 1. The molecule has 7 nitrogen and oxygen atoms in total. The highest BCUT2D eigenvalue weighted by atomic mass is 32.2. The molecule has 154 valence electrons. The van der Waals surface area contributed by atoms with Gasteiger partial charge in [0.15, 0.2) is 9.84 Å². The normalized spacial score (nSPS) is 12.2. The molecule has 0 radical (unpaired) electrons. The molecule has 0 saturated heterocycles. The monoisotopic (exact) mass is 419 g/mol. The van der Waals surface area contributed by atoms with Crippen LogP contribution in [0.4, 0.5) is 19.0 Å². The van der Waals surface area contributed by atoms with Gasteiger partial charge >= 0.3 is 12.1 Å².